The predicted octanol–water partition coefficient (Wildman–Crippen LogP) is 3.17. The summed E-state index contributed by atoms with van der Waals surface area (Å²) in [6.45, 7) is 3.78. The van der Waals surface area contributed by atoms with Crippen LogP contribution in [0.25, 0.3) is 10.9 Å². The second kappa shape index (κ2) is 3.66. The lowest BCUT2D eigenvalue weighted by Crippen LogP contribution is -2.07. The summed E-state index contributed by atoms with van der Waals surface area (Å²) in [4.78, 5) is 0. The minimum absolute atomic E-state index is 0.344. The molecule has 2 rings (SSSR count). The molecule has 0 spiro atoms. The van der Waals surface area contributed by atoms with E-state index in [0.717, 1.165) is 10.9 Å². The van der Waals surface area contributed by atoms with Crippen LogP contribution in [0.2, 0.25) is 0 Å². The van der Waals surface area contributed by atoms with E-state index >= 15 is 0 Å². The smallest absolute Gasteiger partial charge is 0.136 e. The van der Waals surface area contributed by atoms with Crippen LogP contribution >= 0.6 is 0 Å². The average molecular weight is 189 g/mol. The normalized spacial score (nSPS) is 12.9. The molecule has 1 aromatic heterocycles. The summed E-state index contributed by atoms with van der Waals surface area (Å²) < 4.78 is 15.0. The van der Waals surface area contributed by atoms with Crippen molar-refractivity contribution in [2.45, 2.75) is 12.7 Å². The van der Waals surface area contributed by atoms with Gasteiger partial charge < -0.3 is 4.57 Å². The molecule has 72 valence electrons. The van der Waals surface area contributed by atoms with E-state index < -0.39 is 6.17 Å². The first-order valence-electron chi connectivity index (χ1n) is 4.62. The molecule has 1 heterocycles. The van der Waals surface area contributed by atoms with Gasteiger partial charge in [-0.1, -0.05) is 24.3 Å². The van der Waals surface area contributed by atoms with Crippen LogP contribution in [-0.4, -0.2) is 10.7 Å². The Hall–Kier alpha value is -1.57. The molecule has 0 radical (unpaired) electrons. The Bertz CT molecular complexity index is 444. The largest absolute Gasteiger partial charge is 0.344 e. The number of halogens is 1. The standard InChI is InChI=1S/C12H12FN/c1-2-11(13)9-14-8-7-10-5-3-4-6-12(10)14/h2-8,11H,1,9H2/t11-/m1/s1. The maximum absolute atomic E-state index is 13.1. The molecular formula is C12H12FN. The van der Waals surface area contributed by atoms with Crippen LogP contribution in [0.5, 0.6) is 0 Å². The van der Waals surface area contributed by atoms with Crippen LogP contribution in [0, 0.1) is 0 Å². The van der Waals surface area contributed by atoms with Crippen molar-refractivity contribution in [3.63, 3.8) is 0 Å². The highest BCUT2D eigenvalue weighted by Gasteiger charge is 2.04. The molecule has 0 saturated heterocycles. The topological polar surface area (TPSA) is 4.93 Å². The van der Waals surface area contributed by atoms with Crippen molar-refractivity contribution in [2.24, 2.45) is 0 Å². The molecule has 0 bridgehead atoms. The number of para-hydroxylation sites is 1. The average Bonchev–Trinajstić information content (AvgIpc) is 2.62. The van der Waals surface area contributed by atoms with Gasteiger partial charge in [-0.25, -0.2) is 4.39 Å². The van der Waals surface area contributed by atoms with Gasteiger partial charge in [0.25, 0.3) is 0 Å². The van der Waals surface area contributed by atoms with Gasteiger partial charge in [0.1, 0.15) is 6.17 Å². The highest BCUT2D eigenvalue weighted by atomic mass is 19.1. The minimum atomic E-state index is -0.981. The minimum Gasteiger partial charge on any atom is -0.344 e. The van der Waals surface area contributed by atoms with Gasteiger partial charge in [0.2, 0.25) is 0 Å². The van der Waals surface area contributed by atoms with E-state index in [0.29, 0.717) is 6.54 Å². The summed E-state index contributed by atoms with van der Waals surface area (Å²) in [5.74, 6) is 0. The van der Waals surface area contributed by atoms with Gasteiger partial charge in [-0.3, -0.25) is 0 Å². The molecule has 0 N–H and O–H groups in total. The van der Waals surface area contributed by atoms with E-state index in [1.807, 2.05) is 41.1 Å². The lowest BCUT2D eigenvalue weighted by atomic mass is 10.2. The fourth-order valence-electron chi connectivity index (χ4n) is 1.56. The van der Waals surface area contributed by atoms with Crippen LogP contribution in [0.15, 0.2) is 49.2 Å². The second-order valence-electron chi connectivity index (χ2n) is 3.28. The van der Waals surface area contributed by atoms with Gasteiger partial charge in [0.15, 0.2) is 0 Å². The Morgan fingerprint density at radius 3 is 2.93 bits per heavy atom. The quantitative estimate of drug-likeness (QED) is 0.653. The number of rotatable bonds is 3. The van der Waals surface area contributed by atoms with Crippen molar-refractivity contribution < 1.29 is 4.39 Å². The van der Waals surface area contributed by atoms with Crippen molar-refractivity contribution in [2.75, 3.05) is 0 Å². The molecule has 2 heteroatoms. The van der Waals surface area contributed by atoms with Gasteiger partial charge in [-0.2, -0.15) is 0 Å². The first-order chi connectivity index (χ1) is 6.81. The van der Waals surface area contributed by atoms with Gasteiger partial charge in [0.05, 0.1) is 6.54 Å². The Balaban J connectivity index is 2.38. The molecule has 2 aromatic rings. The van der Waals surface area contributed by atoms with Gasteiger partial charge in [0, 0.05) is 11.7 Å². The zero-order valence-electron chi connectivity index (χ0n) is 7.86. The highest BCUT2D eigenvalue weighted by molar-refractivity contribution is 5.79. The number of nitrogens with zero attached hydrogens (tertiary/aromatic N) is 1. The number of aromatic nitrogens is 1. The first kappa shape index (κ1) is 9.00. The molecule has 14 heavy (non-hydrogen) atoms. The number of allylic oxidation sites excluding steroid dienone is 1. The molecule has 0 aliphatic heterocycles. The molecule has 0 aliphatic carbocycles. The van der Waals surface area contributed by atoms with E-state index in [2.05, 4.69) is 6.58 Å². The fraction of sp³-hybridized carbons (Fsp3) is 0.167. The highest BCUT2D eigenvalue weighted by Crippen LogP contribution is 2.15. The lowest BCUT2D eigenvalue weighted by Gasteiger charge is -2.06. The maximum Gasteiger partial charge on any atom is 0.136 e. The number of hydrogen-bond acceptors (Lipinski definition) is 0. The summed E-state index contributed by atoms with van der Waals surface area (Å²) in [5.41, 5.74) is 1.07. The molecule has 1 nitrogen and oxygen atoms in total. The summed E-state index contributed by atoms with van der Waals surface area (Å²) in [5, 5.41) is 1.14. The molecule has 0 saturated carbocycles. The summed E-state index contributed by atoms with van der Waals surface area (Å²) in [7, 11) is 0. The van der Waals surface area contributed by atoms with E-state index in [1.54, 1.807) is 0 Å². The molecule has 0 aliphatic rings. The Morgan fingerprint density at radius 1 is 1.36 bits per heavy atom. The van der Waals surface area contributed by atoms with Crippen molar-refractivity contribution in [3.05, 3.63) is 49.2 Å². The maximum atomic E-state index is 13.1. The van der Waals surface area contributed by atoms with E-state index in [-0.39, 0.29) is 0 Å². The van der Waals surface area contributed by atoms with Gasteiger partial charge in [-0.15, -0.1) is 6.58 Å². The molecule has 1 atom stereocenters. The predicted molar refractivity (Wildman–Crippen MR) is 57.0 cm³/mol. The summed E-state index contributed by atoms with van der Waals surface area (Å²) >= 11 is 0. The van der Waals surface area contributed by atoms with Crippen LogP contribution in [0.1, 0.15) is 0 Å². The third-order valence-corrected chi connectivity index (χ3v) is 2.31. The van der Waals surface area contributed by atoms with Crippen molar-refractivity contribution >= 4 is 10.9 Å². The number of alkyl halides is 1. The third-order valence-electron chi connectivity index (χ3n) is 2.31. The molecule has 0 fully saturated rings. The van der Waals surface area contributed by atoms with Crippen molar-refractivity contribution in [1.82, 2.24) is 4.57 Å². The Morgan fingerprint density at radius 2 is 2.14 bits per heavy atom. The van der Waals surface area contributed by atoms with E-state index in [9.17, 15) is 4.39 Å². The van der Waals surface area contributed by atoms with E-state index in [1.165, 1.54) is 6.08 Å². The molecule has 0 amide bonds. The first-order valence-corrected chi connectivity index (χ1v) is 4.62. The van der Waals surface area contributed by atoms with Gasteiger partial charge >= 0.3 is 0 Å². The van der Waals surface area contributed by atoms with Crippen LogP contribution in [-0.2, 0) is 6.54 Å². The third kappa shape index (κ3) is 1.55. The SMILES string of the molecule is C=C[C@@H](F)Cn1ccc2ccccc21. The lowest BCUT2D eigenvalue weighted by molar-refractivity contribution is 0.360. The Labute approximate surface area is 82.5 Å². The van der Waals surface area contributed by atoms with E-state index in [4.69, 9.17) is 0 Å². The van der Waals surface area contributed by atoms with Gasteiger partial charge in [-0.05, 0) is 17.5 Å². The van der Waals surface area contributed by atoms with Crippen LogP contribution < -0.4 is 0 Å². The number of hydrogen-bond donors (Lipinski definition) is 0. The summed E-state index contributed by atoms with van der Waals surface area (Å²) in [6.07, 6.45) is 2.25. The Kier molecular flexibility index (Phi) is 2.35. The molecular weight excluding hydrogens is 177 g/mol. The van der Waals surface area contributed by atoms with Crippen LogP contribution in [0.4, 0.5) is 4.39 Å². The molecule has 1 aromatic carbocycles. The van der Waals surface area contributed by atoms with Crippen LogP contribution in [0.3, 0.4) is 0 Å². The number of benzene rings is 1. The monoisotopic (exact) mass is 189 g/mol. The van der Waals surface area contributed by atoms with Crippen molar-refractivity contribution in [3.8, 4) is 0 Å². The zero-order valence-corrected chi connectivity index (χ0v) is 7.86. The number of fused-ring (bicyclic) bond motifs is 1. The fourth-order valence-corrected chi connectivity index (χ4v) is 1.56. The molecule has 0 unspecified atom stereocenters. The summed E-state index contributed by atoms with van der Waals surface area (Å²) in [6, 6.07) is 9.94. The zero-order chi connectivity index (χ0) is 9.97. The second-order valence-corrected chi connectivity index (χ2v) is 3.28. The van der Waals surface area contributed by atoms with Crippen molar-refractivity contribution in [1.29, 1.82) is 0 Å².